The summed E-state index contributed by atoms with van der Waals surface area (Å²) in [5.41, 5.74) is 21.7. The van der Waals surface area contributed by atoms with Crippen LogP contribution in [-0.4, -0.2) is 37.2 Å². The minimum Gasteiger partial charge on any atom is -0.497 e. The fourth-order valence-electron chi connectivity index (χ4n) is 6.44. The number of nitrogen functional groups attached to an aromatic ring is 2. The van der Waals surface area contributed by atoms with E-state index in [4.69, 9.17) is 39.2 Å². The van der Waals surface area contributed by atoms with Gasteiger partial charge in [0.1, 0.15) is 44.0 Å². The molecule has 0 saturated carbocycles. The van der Waals surface area contributed by atoms with Crippen LogP contribution >= 0.6 is 34.4 Å². The zero-order valence-corrected chi connectivity index (χ0v) is 32.8. The number of rotatable bonds is 12. The third-order valence-electron chi connectivity index (χ3n) is 9.23. The minimum absolute atomic E-state index is 0.459. The zero-order valence-electron chi connectivity index (χ0n) is 30.3. The second kappa shape index (κ2) is 15.2. The molecule has 0 radical (unpaired) electrons. The Bertz CT molecular complexity index is 2300. The van der Waals surface area contributed by atoms with Gasteiger partial charge in [-0.15, -0.1) is 22.7 Å². The summed E-state index contributed by atoms with van der Waals surface area (Å²) < 4.78 is 31.3. The monoisotopic (exact) mass is 784 g/mol. The lowest BCUT2D eigenvalue weighted by molar-refractivity contribution is 0.414. The van der Waals surface area contributed by atoms with Crippen molar-refractivity contribution in [3.8, 4) is 43.9 Å². The number of fused-ring (bicyclic) bond motifs is 1. The highest BCUT2D eigenvalue weighted by Gasteiger charge is 2.26. The molecular weight excluding hydrogens is 749 g/mol. The van der Waals surface area contributed by atoms with Gasteiger partial charge in [-0.05, 0) is 121 Å². The van der Waals surface area contributed by atoms with Crippen LogP contribution in [0.2, 0.25) is 0 Å². The molecule has 8 rings (SSSR count). The van der Waals surface area contributed by atoms with Crippen molar-refractivity contribution in [3.05, 3.63) is 121 Å². The molecule has 55 heavy (non-hydrogen) atoms. The maximum Gasteiger partial charge on any atom is 0.119 e. The van der Waals surface area contributed by atoms with Gasteiger partial charge in [0.2, 0.25) is 0 Å². The number of benzene rings is 5. The van der Waals surface area contributed by atoms with Crippen LogP contribution in [0.15, 0.2) is 121 Å². The third kappa shape index (κ3) is 6.73. The number of nitrogens with two attached hydrogens (primary N) is 2. The SMILES string of the molecule is COc1ccc(N(c2ccc(OC)cc2)c2ccc(-c3c(N)c(N)c(-c4ccc(N(c5ccc(OC)cc5)c5ccc(OC)cc5)s4)c4nsnc34)s2)cc1. The Kier molecular flexibility index (Phi) is 9.89. The topological polar surface area (TPSA) is 121 Å². The molecule has 3 heterocycles. The molecule has 3 aromatic heterocycles. The van der Waals surface area contributed by atoms with Crippen LogP contribution in [0.25, 0.3) is 31.9 Å². The lowest BCUT2D eigenvalue weighted by Crippen LogP contribution is -2.08. The number of anilines is 8. The highest BCUT2D eigenvalue weighted by Crippen LogP contribution is 2.51. The quantitative estimate of drug-likeness (QED) is 0.116. The number of nitrogens with zero attached hydrogens (tertiary/aromatic N) is 4. The largest absolute Gasteiger partial charge is 0.497 e. The summed E-state index contributed by atoms with van der Waals surface area (Å²) in [7, 11) is 6.64. The average molecular weight is 785 g/mol. The second-order valence-corrected chi connectivity index (χ2v) is 14.9. The van der Waals surface area contributed by atoms with E-state index in [0.29, 0.717) is 22.4 Å². The molecule has 0 amide bonds. The van der Waals surface area contributed by atoms with E-state index in [1.807, 2.05) is 97.1 Å². The normalized spacial score (nSPS) is 11.1. The van der Waals surface area contributed by atoms with E-state index in [2.05, 4.69) is 34.1 Å². The fourth-order valence-corrected chi connectivity index (χ4v) is 9.21. The van der Waals surface area contributed by atoms with E-state index < -0.39 is 0 Å². The molecule has 10 nitrogen and oxygen atoms in total. The first kappa shape index (κ1) is 35.7. The van der Waals surface area contributed by atoms with Crippen LogP contribution in [0, 0.1) is 0 Å². The van der Waals surface area contributed by atoms with Crippen LogP contribution < -0.4 is 40.2 Å². The zero-order chi connectivity index (χ0) is 38.1. The predicted octanol–water partition coefficient (Wildman–Crippen LogP) is 11.3. The van der Waals surface area contributed by atoms with Crippen LogP contribution in [0.4, 0.5) is 44.1 Å². The third-order valence-corrected chi connectivity index (χ3v) is 11.9. The van der Waals surface area contributed by atoms with Gasteiger partial charge in [0.05, 0.1) is 51.5 Å². The number of methoxy groups -OCH3 is 4. The molecular formula is C42H36N6O4S3. The average Bonchev–Trinajstić information content (AvgIpc) is 4.03. The van der Waals surface area contributed by atoms with Crippen molar-refractivity contribution in [2.45, 2.75) is 0 Å². The molecule has 0 fully saturated rings. The van der Waals surface area contributed by atoms with Crippen molar-refractivity contribution in [1.82, 2.24) is 8.75 Å². The van der Waals surface area contributed by atoms with E-state index in [9.17, 15) is 0 Å². The number of hydrogen-bond acceptors (Lipinski definition) is 13. The molecule has 0 aliphatic carbocycles. The molecule has 13 heteroatoms. The molecule has 0 atom stereocenters. The molecule has 4 N–H and O–H groups in total. The summed E-state index contributed by atoms with van der Waals surface area (Å²) in [4.78, 5) is 6.21. The Labute approximate surface area is 330 Å². The van der Waals surface area contributed by atoms with Gasteiger partial charge in [-0.3, -0.25) is 0 Å². The smallest absolute Gasteiger partial charge is 0.119 e. The summed E-state index contributed by atoms with van der Waals surface area (Å²) in [6.45, 7) is 0. The Morgan fingerprint density at radius 1 is 0.418 bits per heavy atom. The maximum absolute atomic E-state index is 7.00. The van der Waals surface area contributed by atoms with Gasteiger partial charge in [0, 0.05) is 43.6 Å². The van der Waals surface area contributed by atoms with Crippen LogP contribution in [0.3, 0.4) is 0 Å². The van der Waals surface area contributed by atoms with Gasteiger partial charge >= 0.3 is 0 Å². The van der Waals surface area contributed by atoms with E-state index >= 15 is 0 Å². The Hall–Kier alpha value is -6.28. The van der Waals surface area contributed by atoms with Crippen molar-refractivity contribution < 1.29 is 18.9 Å². The number of hydrogen-bond donors (Lipinski definition) is 2. The Morgan fingerprint density at radius 3 is 0.982 bits per heavy atom. The molecule has 0 saturated heterocycles. The van der Waals surface area contributed by atoms with Crippen molar-refractivity contribution in [1.29, 1.82) is 0 Å². The predicted molar refractivity (Wildman–Crippen MR) is 228 cm³/mol. The van der Waals surface area contributed by atoms with Crippen molar-refractivity contribution in [2.75, 3.05) is 49.7 Å². The van der Waals surface area contributed by atoms with Crippen LogP contribution in [0.1, 0.15) is 0 Å². The molecule has 276 valence electrons. The van der Waals surface area contributed by atoms with Gasteiger partial charge in [-0.25, -0.2) is 0 Å². The highest BCUT2D eigenvalue weighted by atomic mass is 32.1. The summed E-state index contributed by atoms with van der Waals surface area (Å²) in [5.74, 6) is 3.11. The van der Waals surface area contributed by atoms with Crippen molar-refractivity contribution in [3.63, 3.8) is 0 Å². The standard InChI is InChI=1S/C42H36N6O4S3/c1-49-29-13-5-25(6-14-29)47(26-7-15-30(50-2)16-8-26)35-23-21-33(53-35)37-39(43)40(44)38(42-41(37)45-55-46-42)34-22-24-36(54-34)48(27-9-17-31(51-3)18-10-27)28-11-19-32(52-4)20-12-28/h5-24H,43-44H2,1-4H3. The highest BCUT2D eigenvalue weighted by molar-refractivity contribution is 7.20. The Morgan fingerprint density at radius 2 is 0.709 bits per heavy atom. The first-order valence-corrected chi connectivity index (χ1v) is 19.5. The summed E-state index contributed by atoms with van der Waals surface area (Å²) in [6.07, 6.45) is 0. The second-order valence-electron chi connectivity index (χ2n) is 12.3. The van der Waals surface area contributed by atoms with Crippen molar-refractivity contribution >= 4 is 89.6 Å². The van der Waals surface area contributed by atoms with Gasteiger partial charge in [-0.1, -0.05) is 0 Å². The molecule has 0 bridgehead atoms. The molecule has 0 aliphatic heterocycles. The Balaban J connectivity index is 1.20. The van der Waals surface area contributed by atoms with Gasteiger partial charge in [-0.2, -0.15) is 8.75 Å². The number of ether oxygens (including phenoxy) is 4. The van der Waals surface area contributed by atoms with E-state index in [-0.39, 0.29) is 0 Å². The van der Waals surface area contributed by atoms with Gasteiger partial charge in [0.15, 0.2) is 0 Å². The molecule has 0 spiro atoms. The van der Waals surface area contributed by atoms with E-state index in [0.717, 1.165) is 88.4 Å². The summed E-state index contributed by atoms with van der Waals surface area (Å²) in [5, 5.41) is 1.95. The van der Waals surface area contributed by atoms with E-state index in [1.54, 1.807) is 51.1 Å². The molecule has 0 unspecified atom stereocenters. The minimum atomic E-state index is 0.459. The van der Waals surface area contributed by atoms with Crippen molar-refractivity contribution in [2.24, 2.45) is 0 Å². The first-order valence-electron chi connectivity index (χ1n) is 17.1. The fraction of sp³-hybridized carbons (Fsp3) is 0.0952. The number of thiophene rings is 2. The summed E-state index contributed by atoms with van der Waals surface area (Å²) in [6, 6.07) is 40.2. The van der Waals surface area contributed by atoms with Gasteiger partial charge < -0.3 is 40.2 Å². The maximum atomic E-state index is 7.00. The molecule has 5 aromatic carbocycles. The van der Waals surface area contributed by atoms with E-state index in [1.165, 1.54) is 0 Å². The lowest BCUT2D eigenvalue weighted by atomic mass is 10.0. The van der Waals surface area contributed by atoms with Crippen LogP contribution in [0.5, 0.6) is 23.0 Å². The lowest BCUT2D eigenvalue weighted by Gasteiger charge is -2.24. The number of aromatic nitrogens is 2. The summed E-state index contributed by atoms with van der Waals surface area (Å²) >= 11 is 4.34. The first-order chi connectivity index (χ1) is 26.9. The molecule has 0 aliphatic rings. The molecule has 8 aromatic rings. The van der Waals surface area contributed by atoms with Gasteiger partial charge in [0.25, 0.3) is 0 Å². The van der Waals surface area contributed by atoms with Crippen LogP contribution in [-0.2, 0) is 0 Å².